The fraction of sp³-hybridized carbons (Fsp3) is 0.692. The monoisotopic (exact) mass is 288 g/mol. The van der Waals surface area contributed by atoms with E-state index in [0.29, 0.717) is 13.1 Å². The van der Waals surface area contributed by atoms with Gasteiger partial charge in [0, 0.05) is 24.6 Å². The molecule has 2 N–H and O–H groups in total. The normalized spacial score (nSPS) is 11.4. The largest absolute Gasteiger partial charge is 0.444 e. The number of carbonyl (C=O) groups is 2. The molecule has 0 spiro atoms. The van der Waals surface area contributed by atoms with Crippen molar-refractivity contribution in [2.24, 2.45) is 0 Å². The number of nitrogens with one attached hydrogen (secondary N) is 2. The van der Waals surface area contributed by atoms with Crippen molar-refractivity contribution < 1.29 is 14.3 Å². The second-order valence-electron chi connectivity index (χ2n) is 4.83. The SMILES string of the molecule is C/C=C/C(=O)NCCSCCNC(=O)OC(C)(C)C. The van der Waals surface area contributed by atoms with Crippen molar-refractivity contribution in [3.05, 3.63) is 12.2 Å². The zero-order valence-electron chi connectivity index (χ0n) is 12.1. The van der Waals surface area contributed by atoms with Crippen molar-refractivity contribution in [2.75, 3.05) is 24.6 Å². The van der Waals surface area contributed by atoms with Gasteiger partial charge in [0.05, 0.1) is 0 Å². The molecule has 6 heteroatoms. The first-order valence-electron chi connectivity index (χ1n) is 6.30. The highest BCUT2D eigenvalue weighted by Crippen LogP contribution is 2.06. The lowest BCUT2D eigenvalue weighted by Gasteiger charge is -2.19. The van der Waals surface area contributed by atoms with Crippen molar-refractivity contribution in [3.8, 4) is 0 Å². The molecule has 2 amide bonds. The van der Waals surface area contributed by atoms with Gasteiger partial charge in [0.25, 0.3) is 0 Å². The molecule has 0 atom stereocenters. The molecule has 0 saturated heterocycles. The minimum absolute atomic E-state index is 0.0741. The van der Waals surface area contributed by atoms with Gasteiger partial charge in [0.1, 0.15) is 5.60 Å². The molecule has 0 bridgehead atoms. The smallest absolute Gasteiger partial charge is 0.407 e. The molecule has 0 aromatic heterocycles. The van der Waals surface area contributed by atoms with Crippen molar-refractivity contribution in [1.82, 2.24) is 10.6 Å². The third kappa shape index (κ3) is 13.1. The van der Waals surface area contributed by atoms with Crippen LogP contribution in [0.2, 0.25) is 0 Å². The third-order valence-corrected chi connectivity index (χ3v) is 2.76. The Hall–Kier alpha value is -1.17. The Kier molecular flexibility index (Phi) is 9.12. The molecule has 0 rings (SSSR count). The first kappa shape index (κ1) is 17.8. The number of hydrogen-bond donors (Lipinski definition) is 2. The predicted octanol–water partition coefficient (Wildman–Crippen LogP) is 1.94. The summed E-state index contributed by atoms with van der Waals surface area (Å²) < 4.78 is 5.10. The summed E-state index contributed by atoms with van der Waals surface area (Å²) in [5.74, 6) is 1.54. The van der Waals surface area contributed by atoms with Crippen molar-refractivity contribution in [3.63, 3.8) is 0 Å². The van der Waals surface area contributed by atoms with Crippen LogP contribution >= 0.6 is 11.8 Å². The maximum atomic E-state index is 11.3. The van der Waals surface area contributed by atoms with Crippen LogP contribution in [0.25, 0.3) is 0 Å². The topological polar surface area (TPSA) is 67.4 Å². The number of alkyl carbamates (subject to hydrolysis) is 1. The van der Waals surface area contributed by atoms with Crippen LogP contribution in [-0.2, 0) is 9.53 Å². The standard InChI is InChI=1S/C13H24N2O3S/c1-5-6-11(16)14-7-9-19-10-8-15-12(17)18-13(2,3)4/h5-6H,7-10H2,1-4H3,(H,14,16)(H,15,17)/b6-5+. The van der Waals surface area contributed by atoms with Gasteiger partial charge in [-0.2, -0.15) is 11.8 Å². The molecule has 0 heterocycles. The number of thioether (sulfide) groups is 1. The quantitative estimate of drug-likeness (QED) is 0.555. The van der Waals surface area contributed by atoms with Crippen molar-refractivity contribution in [1.29, 1.82) is 0 Å². The highest BCUT2D eigenvalue weighted by atomic mass is 32.2. The van der Waals surface area contributed by atoms with E-state index in [2.05, 4.69) is 10.6 Å². The van der Waals surface area contributed by atoms with Crippen LogP contribution in [0.3, 0.4) is 0 Å². The predicted molar refractivity (Wildman–Crippen MR) is 79.4 cm³/mol. The van der Waals surface area contributed by atoms with E-state index < -0.39 is 11.7 Å². The molecule has 0 fully saturated rings. The lowest BCUT2D eigenvalue weighted by Crippen LogP contribution is -2.33. The van der Waals surface area contributed by atoms with Crippen LogP contribution in [0.5, 0.6) is 0 Å². The van der Waals surface area contributed by atoms with Gasteiger partial charge >= 0.3 is 6.09 Å². The number of amides is 2. The van der Waals surface area contributed by atoms with Gasteiger partial charge in [-0.1, -0.05) is 6.08 Å². The lowest BCUT2D eigenvalue weighted by molar-refractivity contribution is -0.116. The Bertz CT molecular complexity index is 312. The number of carbonyl (C=O) groups excluding carboxylic acids is 2. The zero-order valence-corrected chi connectivity index (χ0v) is 12.9. The van der Waals surface area contributed by atoms with E-state index in [0.717, 1.165) is 11.5 Å². The van der Waals surface area contributed by atoms with Crippen molar-refractivity contribution in [2.45, 2.75) is 33.3 Å². The highest BCUT2D eigenvalue weighted by Gasteiger charge is 2.15. The van der Waals surface area contributed by atoms with Crippen LogP contribution in [0.4, 0.5) is 4.79 Å². The summed E-state index contributed by atoms with van der Waals surface area (Å²) in [5, 5.41) is 5.43. The van der Waals surface area contributed by atoms with Gasteiger partial charge in [-0.25, -0.2) is 4.79 Å². The summed E-state index contributed by atoms with van der Waals surface area (Å²) in [4.78, 5) is 22.4. The summed E-state index contributed by atoms with van der Waals surface area (Å²) in [7, 11) is 0. The Morgan fingerprint density at radius 2 is 1.74 bits per heavy atom. The number of allylic oxidation sites excluding steroid dienone is 1. The Morgan fingerprint density at radius 1 is 1.16 bits per heavy atom. The van der Waals surface area contributed by atoms with E-state index in [1.165, 1.54) is 6.08 Å². The molecule has 0 aromatic carbocycles. The van der Waals surface area contributed by atoms with E-state index in [1.54, 1.807) is 24.8 Å². The van der Waals surface area contributed by atoms with Gasteiger partial charge < -0.3 is 15.4 Å². The van der Waals surface area contributed by atoms with Gasteiger partial charge in [-0.05, 0) is 33.8 Å². The maximum absolute atomic E-state index is 11.3. The molecule has 110 valence electrons. The summed E-state index contributed by atoms with van der Waals surface area (Å²) >= 11 is 1.66. The van der Waals surface area contributed by atoms with E-state index in [9.17, 15) is 9.59 Å². The van der Waals surface area contributed by atoms with Crippen LogP contribution in [0.15, 0.2) is 12.2 Å². The van der Waals surface area contributed by atoms with Gasteiger partial charge in [-0.15, -0.1) is 0 Å². The average molecular weight is 288 g/mol. The summed E-state index contributed by atoms with van der Waals surface area (Å²) in [6.45, 7) is 8.47. The molecule has 0 saturated carbocycles. The van der Waals surface area contributed by atoms with Crippen LogP contribution < -0.4 is 10.6 Å². The minimum atomic E-state index is -0.464. The Labute approximate surface area is 119 Å². The molecule has 5 nitrogen and oxygen atoms in total. The van der Waals surface area contributed by atoms with Gasteiger partial charge in [-0.3, -0.25) is 4.79 Å². The molecule has 0 aliphatic heterocycles. The van der Waals surface area contributed by atoms with Crippen LogP contribution in [-0.4, -0.2) is 42.2 Å². The second kappa shape index (κ2) is 9.72. The molecular formula is C13H24N2O3S. The molecule has 19 heavy (non-hydrogen) atoms. The lowest BCUT2D eigenvalue weighted by atomic mass is 10.2. The van der Waals surface area contributed by atoms with Crippen LogP contribution in [0, 0.1) is 0 Å². The summed E-state index contributed by atoms with van der Waals surface area (Å²) in [6, 6.07) is 0. The fourth-order valence-electron chi connectivity index (χ4n) is 1.10. The van der Waals surface area contributed by atoms with E-state index in [1.807, 2.05) is 20.8 Å². The van der Waals surface area contributed by atoms with E-state index in [-0.39, 0.29) is 5.91 Å². The van der Waals surface area contributed by atoms with Gasteiger partial charge in [0.15, 0.2) is 0 Å². The van der Waals surface area contributed by atoms with E-state index in [4.69, 9.17) is 4.74 Å². The molecule has 0 aliphatic rings. The summed E-state index contributed by atoms with van der Waals surface area (Å²) in [5.41, 5.74) is -0.464. The molecule has 0 aliphatic carbocycles. The van der Waals surface area contributed by atoms with Crippen LogP contribution in [0.1, 0.15) is 27.7 Å². The minimum Gasteiger partial charge on any atom is -0.444 e. The highest BCUT2D eigenvalue weighted by molar-refractivity contribution is 7.99. The summed E-state index contributed by atoms with van der Waals surface area (Å²) in [6.07, 6.45) is 2.80. The van der Waals surface area contributed by atoms with Crippen molar-refractivity contribution >= 4 is 23.8 Å². The van der Waals surface area contributed by atoms with E-state index >= 15 is 0 Å². The Morgan fingerprint density at radius 3 is 2.26 bits per heavy atom. The third-order valence-electron chi connectivity index (χ3n) is 1.78. The van der Waals surface area contributed by atoms with Gasteiger partial charge in [0.2, 0.25) is 5.91 Å². The first-order valence-corrected chi connectivity index (χ1v) is 7.46. The molecule has 0 aromatic rings. The first-order chi connectivity index (χ1) is 8.85. The zero-order chi connectivity index (χ0) is 14.7. The number of hydrogen-bond acceptors (Lipinski definition) is 4. The second-order valence-corrected chi connectivity index (χ2v) is 6.06. The molecular weight excluding hydrogens is 264 g/mol. The average Bonchev–Trinajstić information content (AvgIpc) is 2.25. The molecule has 0 radical (unpaired) electrons. The number of rotatable bonds is 7. The Balaban J connectivity index is 3.41. The maximum Gasteiger partial charge on any atom is 0.407 e. The number of ether oxygens (including phenoxy) is 1. The fourth-order valence-corrected chi connectivity index (χ4v) is 1.80. The molecule has 0 unspecified atom stereocenters.